The molecule has 0 spiro atoms. The van der Waals surface area contributed by atoms with Gasteiger partial charge in [-0.2, -0.15) is 13.5 Å². The van der Waals surface area contributed by atoms with Gasteiger partial charge in [-0.3, -0.25) is 19.7 Å². The van der Waals surface area contributed by atoms with E-state index in [-0.39, 0.29) is 21.9 Å². The predicted molar refractivity (Wildman–Crippen MR) is 159 cm³/mol. The van der Waals surface area contributed by atoms with Gasteiger partial charge in [-0.1, -0.05) is 29.8 Å². The van der Waals surface area contributed by atoms with Crippen molar-refractivity contribution < 1.29 is 37.5 Å². The zero-order valence-corrected chi connectivity index (χ0v) is 26.4. The lowest BCUT2D eigenvalue weighted by atomic mass is 9.61. The molecule has 2 aromatic carbocycles. The maximum atomic E-state index is 13.9. The van der Waals surface area contributed by atoms with E-state index < -0.39 is 67.9 Å². The number of non-ortho nitro benzene ring substituents is 1. The minimum atomic E-state index is -4.20. The minimum Gasteiger partial charge on any atom is -0.460 e. The number of hydrogen-bond donors (Lipinski definition) is 2. The molecule has 234 valence electrons. The first kappa shape index (κ1) is 33.7. The molecule has 3 rings (SSSR count). The maximum absolute atomic E-state index is 13.9. The Balaban J connectivity index is 2.27. The fourth-order valence-corrected chi connectivity index (χ4v) is 5.85. The Labute approximate surface area is 251 Å². The van der Waals surface area contributed by atoms with Crippen LogP contribution >= 0.6 is 0 Å². The molecule has 13 heteroatoms. The molecule has 2 aromatic rings. The third kappa shape index (κ3) is 8.38. The van der Waals surface area contributed by atoms with Crippen molar-refractivity contribution in [2.45, 2.75) is 89.4 Å². The summed E-state index contributed by atoms with van der Waals surface area (Å²) in [4.78, 5) is 40.7. The molecule has 0 heterocycles. The summed E-state index contributed by atoms with van der Waals surface area (Å²) in [5.74, 6) is -5.84. The van der Waals surface area contributed by atoms with Gasteiger partial charge in [0.2, 0.25) is 0 Å². The van der Waals surface area contributed by atoms with Gasteiger partial charge in [0.05, 0.1) is 27.0 Å². The van der Waals surface area contributed by atoms with Crippen molar-refractivity contribution in [3.8, 4) is 0 Å². The number of hydrogen-bond acceptors (Lipinski definition) is 10. The number of ether oxygens (including phenoxy) is 2. The van der Waals surface area contributed by atoms with Gasteiger partial charge in [0.25, 0.3) is 15.7 Å². The number of sulfonamides is 1. The molecule has 1 aliphatic rings. The van der Waals surface area contributed by atoms with Gasteiger partial charge in [0.1, 0.15) is 17.1 Å². The number of rotatable bonds is 7. The van der Waals surface area contributed by atoms with Crippen molar-refractivity contribution in [2.24, 2.45) is 16.9 Å². The van der Waals surface area contributed by atoms with E-state index in [1.165, 1.54) is 43.3 Å². The van der Waals surface area contributed by atoms with Gasteiger partial charge >= 0.3 is 11.9 Å². The summed E-state index contributed by atoms with van der Waals surface area (Å²) in [7, 11) is -4.20. The number of aliphatic hydroxyl groups is 1. The van der Waals surface area contributed by atoms with E-state index in [0.717, 1.165) is 5.56 Å². The molecule has 1 aliphatic carbocycles. The molecule has 0 radical (unpaired) electrons. The van der Waals surface area contributed by atoms with Crippen molar-refractivity contribution >= 4 is 33.4 Å². The van der Waals surface area contributed by atoms with Crippen LogP contribution < -0.4 is 4.83 Å². The molecule has 4 atom stereocenters. The molecular weight excluding hydrogens is 578 g/mol. The lowest BCUT2D eigenvalue weighted by Crippen LogP contribution is -2.56. The zero-order valence-electron chi connectivity index (χ0n) is 25.6. The molecule has 0 saturated heterocycles. The maximum Gasteiger partial charge on any atom is 0.315 e. The molecule has 1 saturated carbocycles. The van der Waals surface area contributed by atoms with Crippen LogP contribution in [0.5, 0.6) is 0 Å². The predicted octanol–water partition coefficient (Wildman–Crippen LogP) is 4.39. The Morgan fingerprint density at radius 1 is 1.02 bits per heavy atom. The Morgan fingerprint density at radius 2 is 1.58 bits per heavy atom. The van der Waals surface area contributed by atoms with Crippen LogP contribution in [-0.2, 0) is 29.1 Å². The van der Waals surface area contributed by atoms with Gasteiger partial charge in [0, 0.05) is 24.5 Å². The lowest BCUT2D eigenvalue weighted by molar-refractivity contribution is -0.385. The molecule has 12 nitrogen and oxygen atoms in total. The summed E-state index contributed by atoms with van der Waals surface area (Å²) >= 11 is 0. The smallest absolute Gasteiger partial charge is 0.315 e. The van der Waals surface area contributed by atoms with Crippen molar-refractivity contribution in [2.75, 3.05) is 0 Å². The number of aryl methyl sites for hydroxylation is 1. The van der Waals surface area contributed by atoms with Crippen molar-refractivity contribution in [1.29, 1.82) is 0 Å². The van der Waals surface area contributed by atoms with Crippen LogP contribution in [-0.4, -0.2) is 52.9 Å². The van der Waals surface area contributed by atoms with Crippen molar-refractivity contribution in [1.82, 2.24) is 4.83 Å². The number of esters is 2. The Bertz CT molecular complexity index is 1520. The molecule has 0 aliphatic heterocycles. The van der Waals surface area contributed by atoms with Crippen LogP contribution in [0.15, 0.2) is 58.5 Å². The van der Waals surface area contributed by atoms with Crippen molar-refractivity contribution in [3.05, 3.63) is 69.8 Å². The SMILES string of the molecule is Cc1ccc(S(=O)(=O)N/N=C2/C[C@](C)(O)[C@H](C(=O)OC(C)(C)C)[C@H](c3cccc([N+](=O)[O-])c3)[C@@H]2C(=O)OC(C)(C)C)cc1. The summed E-state index contributed by atoms with van der Waals surface area (Å²) in [6, 6.07) is 11.3. The van der Waals surface area contributed by atoms with Gasteiger partial charge < -0.3 is 14.6 Å². The molecule has 0 aromatic heterocycles. The highest BCUT2D eigenvalue weighted by molar-refractivity contribution is 7.89. The van der Waals surface area contributed by atoms with E-state index in [2.05, 4.69) is 9.93 Å². The zero-order chi connectivity index (χ0) is 32.5. The topological polar surface area (TPSA) is 174 Å². The summed E-state index contributed by atoms with van der Waals surface area (Å²) in [6.45, 7) is 13.0. The van der Waals surface area contributed by atoms with Crippen LogP contribution in [0, 0.1) is 28.9 Å². The summed E-state index contributed by atoms with van der Waals surface area (Å²) in [5.41, 5.74) is -3.33. The van der Waals surface area contributed by atoms with Crippen LogP contribution in [0.3, 0.4) is 0 Å². The van der Waals surface area contributed by atoms with Gasteiger partial charge in [-0.05, 0) is 73.1 Å². The Morgan fingerprint density at radius 3 is 2.12 bits per heavy atom. The second-order valence-electron chi connectivity index (χ2n) is 12.9. The van der Waals surface area contributed by atoms with E-state index in [0.29, 0.717) is 0 Å². The number of benzene rings is 2. The third-order valence-corrected chi connectivity index (χ3v) is 7.94. The Kier molecular flexibility index (Phi) is 9.42. The first-order chi connectivity index (χ1) is 19.6. The number of nitrogens with zero attached hydrogens (tertiary/aromatic N) is 2. The number of carbonyl (C=O) groups excluding carboxylic acids is 2. The Hall–Kier alpha value is -3.84. The molecule has 2 N–H and O–H groups in total. The highest BCUT2D eigenvalue weighted by atomic mass is 32.2. The third-order valence-electron chi connectivity index (χ3n) is 6.71. The molecular formula is C30H39N3O9S. The standard InChI is InChI=1S/C30H39N3O9S/c1-18-12-14-21(15-13-18)43(39,40)32-31-22-17-30(8,36)25(27(35)42-29(5,6)7)23(24(22)26(34)41-28(2,3)4)19-10-9-11-20(16-19)33(37)38/h9-16,23-25,32,36H,17H2,1-8H3/b31-22-/t23-,24-,25+,30+/m1/s1. The summed E-state index contributed by atoms with van der Waals surface area (Å²) < 4.78 is 37.6. The average Bonchev–Trinajstić information content (AvgIpc) is 2.84. The van der Waals surface area contributed by atoms with E-state index in [9.17, 15) is 33.2 Å². The normalized spacial score (nSPS) is 23.8. The van der Waals surface area contributed by atoms with Gasteiger partial charge in [0.15, 0.2) is 0 Å². The first-order valence-corrected chi connectivity index (χ1v) is 15.2. The van der Waals surface area contributed by atoms with E-state index in [1.54, 1.807) is 60.6 Å². The quantitative estimate of drug-likeness (QED) is 0.259. The second kappa shape index (κ2) is 12.0. The number of hydrazone groups is 1. The fraction of sp³-hybridized carbons (Fsp3) is 0.500. The average molecular weight is 618 g/mol. The monoisotopic (exact) mass is 617 g/mol. The van der Waals surface area contributed by atoms with E-state index >= 15 is 0 Å². The molecule has 0 unspecified atom stereocenters. The van der Waals surface area contributed by atoms with Crippen LogP contribution in [0.25, 0.3) is 0 Å². The van der Waals surface area contributed by atoms with Crippen LogP contribution in [0.1, 0.15) is 71.9 Å². The summed E-state index contributed by atoms with van der Waals surface area (Å²) in [5, 5.41) is 27.5. The second-order valence-corrected chi connectivity index (χ2v) is 14.6. The van der Waals surface area contributed by atoms with Crippen LogP contribution in [0.4, 0.5) is 5.69 Å². The highest BCUT2D eigenvalue weighted by Crippen LogP contribution is 2.48. The summed E-state index contributed by atoms with van der Waals surface area (Å²) in [6.07, 6.45) is -0.414. The highest BCUT2D eigenvalue weighted by Gasteiger charge is 2.57. The number of nitrogens with one attached hydrogen (secondary N) is 1. The lowest BCUT2D eigenvalue weighted by Gasteiger charge is -2.46. The van der Waals surface area contributed by atoms with E-state index in [1.807, 2.05) is 0 Å². The van der Waals surface area contributed by atoms with Gasteiger partial charge in [-0.15, -0.1) is 0 Å². The molecule has 43 heavy (non-hydrogen) atoms. The number of carbonyl (C=O) groups is 2. The minimum absolute atomic E-state index is 0.0827. The largest absolute Gasteiger partial charge is 0.460 e. The molecule has 0 bridgehead atoms. The number of nitro benzene ring substituents is 1. The first-order valence-electron chi connectivity index (χ1n) is 13.7. The fourth-order valence-electron chi connectivity index (χ4n) is 5.02. The van der Waals surface area contributed by atoms with Crippen molar-refractivity contribution in [3.63, 3.8) is 0 Å². The van der Waals surface area contributed by atoms with Crippen LogP contribution in [0.2, 0.25) is 0 Å². The van der Waals surface area contributed by atoms with Gasteiger partial charge in [-0.25, -0.2) is 4.83 Å². The molecule has 0 amide bonds. The number of nitro groups is 1. The molecule has 1 fully saturated rings. The van der Waals surface area contributed by atoms with E-state index in [4.69, 9.17) is 9.47 Å².